The lowest BCUT2D eigenvalue weighted by molar-refractivity contribution is -0.126. The van der Waals surface area contributed by atoms with Crippen LogP contribution in [0.1, 0.15) is 29.5 Å². The first kappa shape index (κ1) is 21.6. The van der Waals surface area contributed by atoms with E-state index in [0.29, 0.717) is 26.2 Å². The van der Waals surface area contributed by atoms with Crippen LogP contribution in [0.3, 0.4) is 0 Å². The van der Waals surface area contributed by atoms with Gasteiger partial charge >= 0.3 is 6.03 Å². The largest absolute Gasteiger partial charge is 0.352 e. The second-order valence-corrected chi connectivity index (χ2v) is 8.31. The molecule has 2 aromatic carbocycles. The summed E-state index contributed by atoms with van der Waals surface area (Å²) in [6, 6.07) is 15.7. The number of imidazole rings is 1. The summed E-state index contributed by atoms with van der Waals surface area (Å²) in [4.78, 5) is 31.4. The maximum absolute atomic E-state index is 12.9. The molecule has 0 bridgehead atoms. The summed E-state index contributed by atoms with van der Waals surface area (Å²) in [6.07, 6.45) is 7.07. The number of anilines is 1. The van der Waals surface area contributed by atoms with E-state index in [4.69, 9.17) is 0 Å². The van der Waals surface area contributed by atoms with E-state index in [1.165, 1.54) is 0 Å². The fraction of sp³-hybridized carbons (Fsp3) is 0.320. The van der Waals surface area contributed by atoms with Crippen LogP contribution in [0.4, 0.5) is 10.5 Å². The molecule has 166 valence electrons. The van der Waals surface area contributed by atoms with Crippen molar-refractivity contribution in [3.8, 4) is 0 Å². The molecule has 2 N–H and O–H groups in total. The van der Waals surface area contributed by atoms with Crippen molar-refractivity contribution in [2.45, 2.75) is 32.9 Å². The van der Waals surface area contributed by atoms with Crippen LogP contribution in [0.15, 0.2) is 67.3 Å². The van der Waals surface area contributed by atoms with Crippen molar-refractivity contribution in [2.24, 2.45) is 5.92 Å². The van der Waals surface area contributed by atoms with E-state index in [2.05, 4.69) is 21.7 Å². The number of likely N-dealkylation sites (tertiary alicyclic amines) is 1. The van der Waals surface area contributed by atoms with E-state index in [1.807, 2.05) is 60.2 Å². The topological polar surface area (TPSA) is 79.3 Å². The molecule has 1 aliphatic heterocycles. The lowest BCUT2D eigenvalue weighted by Crippen LogP contribution is -2.46. The summed E-state index contributed by atoms with van der Waals surface area (Å²) < 4.78 is 2.01. The van der Waals surface area contributed by atoms with E-state index in [9.17, 15) is 9.59 Å². The maximum Gasteiger partial charge on any atom is 0.321 e. The predicted molar refractivity (Wildman–Crippen MR) is 124 cm³/mol. The second-order valence-electron chi connectivity index (χ2n) is 8.31. The SMILES string of the molecule is Cc1cccc(NC(=O)N2CCCC(C(=O)NCc3ccccc3Cn3ccnc3)C2)c1. The van der Waals surface area contributed by atoms with E-state index in [-0.39, 0.29) is 17.9 Å². The van der Waals surface area contributed by atoms with Gasteiger partial charge < -0.3 is 20.1 Å². The third-order valence-electron chi connectivity index (χ3n) is 5.83. The van der Waals surface area contributed by atoms with Gasteiger partial charge in [0.05, 0.1) is 12.2 Å². The first-order chi connectivity index (χ1) is 15.6. The monoisotopic (exact) mass is 431 g/mol. The highest BCUT2D eigenvalue weighted by atomic mass is 16.2. The van der Waals surface area contributed by atoms with Crippen LogP contribution in [-0.2, 0) is 17.9 Å². The summed E-state index contributed by atoms with van der Waals surface area (Å²) in [5, 5.41) is 6.03. The van der Waals surface area contributed by atoms with Gasteiger partial charge in [-0.25, -0.2) is 9.78 Å². The zero-order valence-electron chi connectivity index (χ0n) is 18.3. The number of aryl methyl sites for hydroxylation is 1. The van der Waals surface area contributed by atoms with Gasteiger partial charge in [-0.2, -0.15) is 0 Å². The Morgan fingerprint density at radius 2 is 1.97 bits per heavy atom. The molecule has 3 amide bonds. The van der Waals surface area contributed by atoms with Crippen molar-refractivity contribution in [1.82, 2.24) is 19.8 Å². The number of hydrogen-bond acceptors (Lipinski definition) is 3. The molecule has 1 unspecified atom stereocenters. The highest BCUT2D eigenvalue weighted by Crippen LogP contribution is 2.19. The molecule has 32 heavy (non-hydrogen) atoms. The van der Waals surface area contributed by atoms with Gasteiger partial charge in [-0.1, -0.05) is 36.4 Å². The van der Waals surface area contributed by atoms with Gasteiger partial charge in [-0.3, -0.25) is 4.79 Å². The minimum absolute atomic E-state index is 0.00418. The van der Waals surface area contributed by atoms with Gasteiger partial charge in [0.2, 0.25) is 5.91 Å². The highest BCUT2D eigenvalue weighted by Gasteiger charge is 2.28. The smallest absolute Gasteiger partial charge is 0.321 e. The molecule has 1 atom stereocenters. The molecule has 0 radical (unpaired) electrons. The van der Waals surface area contributed by atoms with Crippen molar-refractivity contribution in [3.63, 3.8) is 0 Å². The molecule has 0 aliphatic carbocycles. The van der Waals surface area contributed by atoms with Crippen LogP contribution in [0.2, 0.25) is 0 Å². The molecule has 1 fully saturated rings. The summed E-state index contributed by atoms with van der Waals surface area (Å²) in [7, 11) is 0. The van der Waals surface area contributed by atoms with Crippen LogP contribution < -0.4 is 10.6 Å². The Kier molecular flexibility index (Phi) is 6.84. The third-order valence-corrected chi connectivity index (χ3v) is 5.83. The Bertz CT molecular complexity index is 1060. The maximum atomic E-state index is 12.9. The van der Waals surface area contributed by atoms with E-state index in [0.717, 1.165) is 35.2 Å². The van der Waals surface area contributed by atoms with E-state index < -0.39 is 0 Å². The van der Waals surface area contributed by atoms with Crippen LogP contribution in [-0.4, -0.2) is 39.5 Å². The summed E-state index contributed by atoms with van der Waals surface area (Å²) in [5.74, 6) is -0.205. The second kappa shape index (κ2) is 10.1. The highest BCUT2D eigenvalue weighted by molar-refractivity contribution is 5.90. The van der Waals surface area contributed by atoms with Gasteiger partial charge in [0.15, 0.2) is 0 Å². The molecule has 7 heteroatoms. The van der Waals surface area contributed by atoms with Gasteiger partial charge in [-0.15, -0.1) is 0 Å². The number of carbonyl (C=O) groups is 2. The lowest BCUT2D eigenvalue weighted by atomic mass is 9.97. The summed E-state index contributed by atoms with van der Waals surface area (Å²) in [6.45, 7) is 4.26. The molecule has 2 heterocycles. The zero-order chi connectivity index (χ0) is 22.3. The molecule has 1 saturated heterocycles. The number of nitrogens with zero attached hydrogens (tertiary/aromatic N) is 3. The fourth-order valence-electron chi connectivity index (χ4n) is 4.09. The predicted octanol–water partition coefficient (Wildman–Crippen LogP) is 3.80. The molecule has 7 nitrogen and oxygen atoms in total. The summed E-state index contributed by atoms with van der Waals surface area (Å²) in [5.41, 5.74) is 4.09. The van der Waals surface area contributed by atoms with E-state index in [1.54, 1.807) is 17.4 Å². The van der Waals surface area contributed by atoms with E-state index >= 15 is 0 Å². The minimum Gasteiger partial charge on any atom is -0.352 e. The standard InChI is InChI=1S/C25H29N5O2/c1-19-6-4-10-23(14-19)28-25(32)30-12-5-9-22(17-30)24(31)27-15-20-7-2-3-8-21(20)16-29-13-11-26-18-29/h2-4,6-8,10-11,13-14,18,22H,5,9,12,15-17H2,1H3,(H,27,31)(H,28,32). The number of amides is 3. The van der Waals surface area contributed by atoms with Crippen LogP contribution in [0.25, 0.3) is 0 Å². The normalized spacial score (nSPS) is 15.9. The molecule has 0 saturated carbocycles. The molecule has 0 spiro atoms. The summed E-state index contributed by atoms with van der Waals surface area (Å²) >= 11 is 0. The van der Waals surface area contributed by atoms with Crippen molar-refractivity contribution < 1.29 is 9.59 Å². The average Bonchev–Trinajstić information content (AvgIpc) is 3.31. The molecular weight excluding hydrogens is 402 g/mol. The number of nitrogens with one attached hydrogen (secondary N) is 2. The zero-order valence-corrected chi connectivity index (χ0v) is 18.3. The first-order valence-electron chi connectivity index (χ1n) is 11.0. The number of piperidine rings is 1. The fourth-order valence-corrected chi connectivity index (χ4v) is 4.09. The number of aromatic nitrogens is 2. The molecule has 4 rings (SSSR count). The molecule has 1 aliphatic rings. The number of benzene rings is 2. The molecular formula is C25H29N5O2. The van der Waals surface area contributed by atoms with Crippen molar-refractivity contribution in [3.05, 3.63) is 83.9 Å². The van der Waals surface area contributed by atoms with Crippen molar-refractivity contribution in [1.29, 1.82) is 0 Å². The third kappa shape index (κ3) is 5.55. The van der Waals surface area contributed by atoms with Gasteiger partial charge in [-0.05, 0) is 48.6 Å². The number of rotatable bonds is 6. The Labute approximate surface area is 188 Å². The Morgan fingerprint density at radius 1 is 1.12 bits per heavy atom. The Morgan fingerprint density at radius 3 is 2.75 bits per heavy atom. The minimum atomic E-state index is -0.201. The average molecular weight is 432 g/mol. The number of carbonyl (C=O) groups excluding carboxylic acids is 2. The van der Waals surface area contributed by atoms with Gasteiger partial charge in [0.1, 0.15) is 0 Å². The Balaban J connectivity index is 1.32. The van der Waals surface area contributed by atoms with Gasteiger partial charge in [0.25, 0.3) is 0 Å². The number of urea groups is 1. The van der Waals surface area contributed by atoms with Crippen LogP contribution in [0.5, 0.6) is 0 Å². The van der Waals surface area contributed by atoms with Crippen LogP contribution in [0, 0.1) is 12.8 Å². The lowest BCUT2D eigenvalue weighted by Gasteiger charge is -2.32. The first-order valence-corrected chi connectivity index (χ1v) is 11.0. The van der Waals surface area contributed by atoms with Crippen LogP contribution >= 0.6 is 0 Å². The quantitative estimate of drug-likeness (QED) is 0.623. The molecule has 3 aromatic rings. The van der Waals surface area contributed by atoms with Crippen molar-refractivity contribution >= 4 is 17.6 Å². The molecule has 1 aromatic heterocycles. The Hall–Kier alpha value is -3.61. The number of hydrogen-bond donors (Lipinski definition) is 2. The van der Waals surface area contributed by atoms with Crippen molar-refractivity contribution in [2.75, 3.05) is 18.4 Å². The van der Waals surface area contributed by atoms with Gasteiger partial charge in [0, 0.05) is 44.3 Å².